The van der Waals surface area contributed by atoms with E-state index in [1.165, 1.54) is 12.1 Å². The smallest absolute Gasteiger partial charge is 0.414 e. The summed E-state index contributed by atoms with van der Waals surface area (Å²) in [6, 6.07) is 3.79. The molecule has 1 aromatic rings. The van der Waals surface area contributed by atoms with E-state index in [9.17, 15) is 23.1 Å². The van der Waals surface area contributed by atoms with E-state index in [0.717, 1.165) is 6.07 Å². The molecular formula is C9H7BrF3NO3. The Balaban J connectivity index is 2.56. The lowest BCUT2D eigenvalue weighted by Gasteiger charge is -2.08. The lowest BCUT2D eigenvalue weighted by Crippen LogP contribution is -2.29. The van der Waals surface area contributed by atoms with Crippen LogP contribution in [0, 0.1) is 0 Å². The molecule has 0 fully saturated rings. The van der Waals surface area contributed by atoms with Crippen LogP contribution >= 0.6 is 15.9 Å². The number of amides is 1. The first kappa shape index (κ1) is 13.8. The summed E-state index contributed by atoms with van der Waals surface area (Å²) in [5.41, 5.74) is 1.60. The number of rotatable bonds is 3. The summed E-state index contributed by atoms with van der Waals surface area (Å²) in [4.78, 5) is 15.2. The van der Waals surface area contributed by atoms with Gasteiger partial charge < -0.3 is 5.11 Å². The number of hydrogen-bond donors (Lipinski definition) is 2. The third-order valence-electron chi connectivity index (χ3n) is 1.61. The predicted octanol–water partition coefficient (Wildman–Crippen LogP) is 2.38. The minimum Gasteiger partial charge on any atom is -0.507 e. The molecule has 0 saturated heterocycles. The summed E-state index contributed by atoms with van der Waals surface area (Å²) in [6.07, 6.45) is -4.52. The Morgan fingerprint density at radius 3 is 2.65 bits per heavy atom. The third-order valence-corrected chi connectivity index (χ3v) is 2.28. The van der Waals surface area contributed by atoms with Gasteiger partial charge >= 0.3 is 6.18 Å². The first-order chi connectivity index (χ1) is 7.79. The van der Waals surface area contributed by atoms with E-state index in [4.69, 9.17) is 0 Å². The summed E-state index contributed by atoms with van der Waals surface area (Å²) in [5, 5.41) is 9.26. The number of aromatic hydroxyl groups is 1. The van der Waals surface area contributed by atoms with E-state index < -0.39 is 18.7 Å². The number of phenols is 1. The highest BCUT2D eigenvalue weighted by Gasteiger charge is 2.28. The molecule has 0 aliphatic carbocycles. The van der Waals surface area contributed by atoms with E-state index in [0.29, 0.717) is 4.47 Å². The normalized spacial score (nSPS) is 11.3. The molecular weight excluding hydrogens is 307 g/mol. The molecule has 0 atom stereocenters. The molecule has 0 unspecified atom stereocenters. The van der Waals surface area contributed by atoms with Gasteiger partial charge in [0, 0.05) is 5.56 Å². The molecule has 4 nitrogen and oxygen atoms in total. The second-order valence-corrected chi connectivity index (χ2v) is 3.86. The number of phenolic OH excluding ortho intramolecular Hbond substituents is 1. The van der Waals surface area contributed by atoms with Gasteiger partial charge in [0.15, 0.2) is 6.61 Å². The number of benzene rings is 1. The minimum absolute atomic E-state index is 0.0205. The maximum absolute atomic E-state index is 11.7. The standard InChI is InChI=1S/C9H7BrF3NO3/c10-6-2-1-5(3-7(6)15)8(16)14-17-4-9(11,12)13/h1-3,15H,4H2,(H,14,16). The number of carbonyl (C=O) groups is 1. The molecule has 0 spiro atoms. The Kier molecular flexibility index (Phi) is 4.35. The largest absolute Gasteiger partial charge is 0.507 e. The quantitative estimate of drug-likeness (QED) is 0.842. The van der Waals surface area contributed by atoms with Crippen LogP contribution in [0.3, 0.4) is 0 Å². The van der Waals surface area contributed by atoms with Crippen molar-refractivity contribution in [3.05, 3.63) is 28.2 Å². The Morgan fingerprint density at radius 1 is 1.47 bits per heavy atom. The van der Waals surface area contributed by atoms with Crippen LogP contribution in [0.15, 0.2) is 22.7 Å². The van der Waals surface area contributed by atoms with E-state index >= 15 is 0 Å². The minimum atomic E-state index is -4.52. The SMILES string of the molecule is O=C(NOCC(F)(F)F)c1ccc(Br)c(O)c1. The van der Waals surface area contributed by atoms with Crippen molar-refractivity contribution < 1.29 is 27.9 Å². The number of nitrogens with one attached hydrogen (secondary N) is 1. The van der Waals surface area contributed by atoms with E-state index in [1.807, 2.05) is 0 Å². The van der Waals surface area contributed by atoms with Crippen molar-refractivity contribution in [3.63, 3.8) is 0 Å². The van der Waals surface area contributed by atoms with Crippen LogP contribution in [0.5, 0.6) is 5.75 Å². The number of hydroxylamine groups is 1. The molecule has 94 valence electrons. The van der Waals surface area contributed by atoms with Crippen molar-refractivity contribution in [1.29, 1.82) is 0 Å². The van der Waals surface area contributed by atoms with Crippen LogP contribution in [0.1, 0.15) is 10.4 Å². The average Bonchev–Trinajstić information content (AvgIpc) is 2.20. The van der Waals surface area contributed by atoms with Gasteiger partial charge in [-0.2, -0.15) is 13.2 Å². The van der Waals surface area contributed by atoms with Gasteiger partial charge in [0.25, 0.3) is 5.91 Å². The van der Waals surface area contributed by atoms with Gasteiger partial charge in [-0.05, 0) is 34.1 Å². The van der Waals surface area contributed by atoms with Gasteiger partial charge in [0.05, 0.1) is 4.47 Å². The average molecular weight is 314 g/mol. The van der Waals surface area contributed by atoms with Crippen molar-refractivity contribution in [3.8, 4) is 5.75 Å². The zero-order valence-electron chi connectivity index (χ0n) is 8.21. The molecule has 1 aromatic carbocycles. The Morgan fingerprint density at radius 2 is 2.12 bits per heavy atom. The topological polar surface area (TPSA) is 58.6 Å². The highest BCUT2D eigenvalue weighted by Crippen LogP contribution is 2.24. The number of carbonyl (C=O) groups excluding carboxylic acids is 1. The van der Waals surface area contributed by atoms with Crippen LogP contribution in [-0.4, -0.2) is 23.8 Å². The fourth-order valence-corrected chi connectivity index (χ4v) is 1.14. The summed E-state index contributed by atoms with van der Waals surface area (Å²) in [6.45, 7) is -1.58. The first-order valence-electron chi connectivity index (χ1n) is 4.27. The summed E-state index contributed by atoms with van der Waals surface area (Å²) in [5.74, 6) is -1.08. The van der Waals surface area contributed by atoms with E-state index in [2.05, 4.69) is 20.8 Å². The third kappa shape index (κ3) is 4.61. The van der Waals surface area contributed by atoms with Gasteiger partial charge in [-0.1, -0.05) is 0 Å². The highest BCUT2D eigenvalue weighted by atomic mass is 79.9. The molecule has 0 radical (unpaired) electrons. The zero-order chi connectivity index (χ0) is 13.1. The van der Waals surface area contributed by atoms with Crippen LogP contribution in [0.25, 0.3) is 0 Å². The van der Waals surface area contributed by atoms with Crippen LogP contribution < -0.4 is 5.48 Å². The van der Waals surface area contributed by atoms with Crippen molar-refractivity contribution >= 4 is 21.8 Å². The molecule has 17 heavy (non-hydrogen) atoms. The molecule has 0 bridgehead atoms. The zero-order valence-corrected chi connectivity index (χ0v) is 9.80. The maximum atomic E-state index is 11.7. The lowest BCUT2D eigenvalue weighted by molar-refractivity contribution is -0.184. The first-order valence-corrected chi connectivity index (χ1v) is 5.06. The summed E-state index contributed by atoms with van der Waals surface area (Å²) >= 11 is 3.00. The molecule has 1 rings (SSSR count). The molecule has 0 heterocycles. The summed E-state index contributed by atoms with van der Waals surface area (Å²) < 4.78 is 35.5. The lowest BCUT2D eigenvalue weighted by atomic mass is 10.2. The highest BCUT2D eigenvalue weighted by molar-refractivity contribution is 9.10. The second-order valence-electron chi connectivity index (χ2n) is 3.00. The predicted molar refractivity (Wildman–Crippen MR) is 55.3 cm³/mol. The number of hydrogen-bond acceptors (Lipinski definition) is 3. The molecule has 0 aliphatic heterocycles. The van der Waals surface area contributed by atoms with Crippen molar-refractivity contribution in [1.82, 2.24) is 5.48 Å². The van der Waals surface area contributed by atoms with Crippen molar-refractivity contribution in [2.45, 2.75) is 6.18 Å². The van der Waals surface area contributed by atoms with Gasteiger partial charge in [-0.3, -0.25) is 9.63 Å². The fourth-order valence-electron chi connectivity index (χ4n) is 0.896. The van der Waals surface area contributed by atoms with E-state index in [1.54, 1.807) is 5.48 Å². The van der Waals surface area contributed by atoms with Gasteiger partial charge in [0.1, 0.15) is 5.75 Å². The Hall–Kier alpha value is -1.28. The number of alkyl halides is 3. The maximum Gasteiger partial charge on any atom is 0.414 e. The second kappa shape index (κ2) is 5.37. The Bertz CT molecular complexity index is 422. The van der Waals surface area contributed by atoms with Crippen LogP contribution in [0.2, 0.25) is 0 Å². The molecule has 0 aromatic heterocycles. The van der Waals surface area contributed by atoms with E-state index in [-0.39, 0.29) is 11.3 Å². The van der Waals surface area contributed by atoms with Crippen LogP contribution in [-0.2, 0) is 4.84 Å². The van der Waals surface area contributed by atoms with Gasteiger partial charge in [-0.25, -0.2) is 5.48 Å². The van der Waals surface area contributed by atoms with Gasteiger partial charge in [-0.15, -0.1) is 0 Å². The molecule has 1 amide bonds. The molecule has 0 aliphatic rings. The summed E-state index contributed by atoms with van der Waals surface area (Å²) in [7, 11) is 0. The van der Waals surface area contributed by atoms with Crippen LogP contribution in [0.4, 0.5) is 13.2 Å². The fraction of sp³-hybridized carbons (Fsp3) is 0.222. The molecule has 0 saturated carbocycles. The van der Waals surface area contributed by atoms with Crippen molar-refractivity contribution in [2.75, 3.05) is 6.61 Å². The van der Waals surface area contributed by atoms with Gasteiger partial charge in [0.2, 0.25) is 0 Å². The van der Waals surface area contributed by atoms with Crippen molar-refractivity contribution in [2.24, 2.45) is 0 Å². The number of halogens is 4. The Labute approximate surface area is 102 Å². The molecule has 2 N–H and O–H groups in total. The molecule has 8 heteroatoms. The monoisotopic (exact) mass is 313 g/mol.